The van der Waals surface area contributed by atoms with Gasteiger partial charge in [0.15, 0.2) is 0 Å². The second-order valence-electron chi connectivity index (χ2n) is 7.34. The number of amides is 1. The summed E-state index contributed by atoms with van der Waals surface area (Å²) in [6.45, 7) is 5.70. The minimum absolute atomic E-state index is 0.268. The number of rotatable bonds is 6. The molecule has 0 saturated heterocycles. The molecule has 29 heavy (non-hydrogen) atoms. The fourth-order valence-electron chi connectivity index (χ4n) is 3.13. The summed E-state index contributed by atoms with van der Waals surface area (Å²) in [6.07, 6.45) is 0.767. The maximum Gasteiger partial charge on any atom is 0.275 e. The van der Waals surface area contributed by atoms with E-state index in [1.807, 2.05) is 6.92 Å². The first-order valence-electron chi connectivity index (χ1n) is 9.43. The first kappa shape index (κ1) is 20.4. The van der Waals surface area contributed by atoms with Crippen LogP contribution in [-0.4, -0.2) is 21.4 Å². The molecule has 0 aliphatic carbocycles. The number of aromatic nitrogens is 2. The highest BCUT2D eigenvalue weighted by Crippen LogP contribution is 2.24. The van der Waals surface area contributed by atoms with Crippen LogP contribution in [0, 0.1) is 11.7 Å². The summed E-state index contributed by atoms with van der Waals surface area (Å²) in [7, 11) is 0. The summed E-state index contributed by atoms with van der Waals surface area (Å²) in [5, 5.41) is 9.55. The lowest BCUT2D eigenvalue weighted by molar-refractivity contribution is -0.121. The third-order valence-corrected chi connectivity index (χ3v) is 4.35. The Balaban J connectivity index is 1.96. The van der Waals surface area contributed by atoms with Crippen molar-refractivity contribution in [1.82, 2.24) is 15.2 Å². The molecule has 0 aliphatic rings. The summed E-state index contributed by atoms with van der Waals surface area (Å²) in [5.74, 6) is -0.373. The van der Waals surface area contributed by atoms with E-state index >= 15 is 0 Å². The number of carbonyl (C=O) groups excluding carboxylic acids is 1. The van der Waals surface area contributed by atoms with Crippen molar-refractivity contribution in [2.24, 2.45) is 11.0 Å². The van der Waals surface area contributed by atoms with Crippen LogP contribution in [-0.2, 0) is 11.3 Å². The Morgan fingerprint density at radius 2 is 1.79 bits per heavy atom. The Morgan fingerprint density at radius 1 is 1.14 bits per heavy atom. The Labute approximate surface area is 168 Å². The van der Waals surface area contributed by atoms with E-state index in [0.29, 0.717) is 27.9 Å². The summed E-state index contributed by atoms with van der Waals surface area (Å²) < 4.78 is 14.4. The minimum atomic E-state index is -0.442. The number of halogens is 1. The molecule has 0 atom stereocenters. The second-order valence-corrected chi connectivity index (χ2v) is 7.34. The molecule has 0 aliphatic heterocycles. The fourth-order valence-corrected chi connectivity index (χ4v) is 3.13. The molecule has 0 fully saturated rings. The zero-order chi connectivity index (χ0) is 21.0. The summed E-state index contributed by atoms with van der Waals surface area (Å²) >= 11 is 0. The molecule has 0 spiro atoms. The second kappa shape index (κ2) is 8.77. The molecule has 0 bridgehead atoms. The summed E-state index contributed by atoms with van der Waals surface area (Å²) in [6, 6.07) is 12.9. The van der Waals surface area contributed by atoms with Gasteiger partial charge in [0.2, 0.25) is 0 Å². The lowest BCUT2D eigenvalue weighted by Crippen LogP contribution is -2.32. The highest BCUT2D eigenvalue weighted by molar-refractivity contribution is 5.94. The predicted molar refractivity (Wildman–Crippen MR) is 112 cm³/mol. The Bertz CT molecular complexity index is 1120. The summed E-state index contributed by atoms with van der Waals surface area (Å²) in [5.41, 5.74) is 4.07. The Kier molecular flexibility index (Phi) is 6.16. The van der Waals surface area contributed by atoms with Gasteiger partial charge < -0.3 is 0 Å². The van der Waals surface area contributed by atoms with E-state index < -0.39 is 5.91 Å². The molecule has 150 valence electrons. The van der Waals surface area contributed by atoms with Crippen molar-refractivity contribution in [2.45, 2.75) is 33.7 Å². The number of hydrogen-bond donors (Lipinski definition) is 1. The van der Waals surface area contributed by atoms with Crippen molar-refractivity contribution in [3.05, 3.63) is 64.7 Å². The average molecular weight is 394 g/mol. The number of hydrazone groups is 1. The van der Waals surface area contributed by atoms with Gasteiger partial charge in [0.25, 0.3) is 11.5 Å². The molecule has 0 unspecified atom stereocenters. The molecule has 1 heterocycles. The van der Waals surface area contributed by atoms with Gasteiger partial charge in [-0.05, 0) is 49.6 Å². The number of fused-ring (bicyclic) bond motifs is 1. The van der Waals surface area contributed by atoms with E-state index in [4.69, 9.17) is 0 Å². The zero-order valence-corrected chi connectivity index (χ0v) is 16.6. The van der Waals surface area contributed by atoms with Crippen LogP contribution in [0.1, 0.15) is 27.2 Å². The third-order valence-electron chi connectivity index (χ3n) is 4.35. The van der Waals surface area contributed by atoms with Gasteiger partial charge in [-0.3, -0.25) is 9.59 Å². The SMILES string of the molecule is C/C(CC(C)C)=N\NC(=O)Cn1nc(-c2ccc(F)cc2)c2ccccc2c1=O. The van der Waals surface area contributed by atoms with Crippen molar-refractivity contribution < 1.29 is 9.18 Å². The highest BCUT2D eigenvalue weighted by atomic mass is 19.1. The van der Waals surface area contributed by atoms with Crippen LogP contribution in [0.4, 0.5) is 4.39 Å². The molecule has 7 heteroatoms. The van der Waals surface area contributed by atoms with Gasteiger partial charge in [-0.25, -0.2) is 14.5 Å². The number of carbonyl (C=O) groups is 1. The fraction of sp³-hybridized carbons (Fsp3) is 0.273. The van der Waals surface area contributed by atoms with Crippen LogP contribution in [0.15, 0.2) is 58.4 Å². The first-order chi connectivity index (χ1) is 13.8. The molecular weight excluding hydrogens is 371 g/mol. The van der Waals surface area contributed by atoms with Crippen LogP contribution in [0.3, 0.4) is 0 Å². The van der Waals surface area contributed by atoms with E-state index in [9.17, 15) is 14.0 Å². The van der Waals surface area contributed by atoms with Crippen molar-refractivity contribution in [3.63, 3.8) is 0 Å². The molecule has 2 aromatic carbocycles. The Hall–Kier alpha value is -3.35. The average Bonchev–Trinajstić information content (AvgIpc) is 2.69. The van der Waals surface area contributed by atoms with E-state index in [0.717, 1.165) is 16.8 Å². The normalized spacial score (nSPS) is 11.8. The number of nitrogens with one attached hydrogen (secondary N) is 1. The standard InChI is InChI=1S/C22H23FN4O2/c1-14(2)12-15(3)24-25-20(28)13-27-22(29)19-7-5-4-6-18(19)21(26-27)16-8-10-17(23)11-9-16/h4-11,14H,12-13H2,1-3H3,(H,25,28)/b24-15+. The van der Waals surface area contributed by atoms with Crippen molar-refractivity contribution in [3.8, 4) is 11.3 Å². The maximum atomic E-state index is 13.3. The number of benzene rings is 2. The van der Waals surface area contributed by atoms with Gasteiger partial charge in [-0.1, -0.05) is 32.0 Å². The van der Waals surface area contributed by atoms with Gasteiger partial charge in [0, 0.05) is 16.7 Å². The minimum Gasteiger partial charge on any atom is -0.271 e. The predicted octanol–water partition coefficient (Wildman–Crippen LogP) is 3.74. The number of nitrogens with zero attached hydrogens (tertiary/aromatic N) is 3. The van der Waals surface area contributed by atoms with E-state index in [2.05, 4.69) is 29.5 Å². The molecule has 3 aromatic rings. The van der Waals surface area contributed by atoms with Crippen molar-refractivity contribution in [1.29, 1.82) is 0 Å². The monoisotopic (exact) mass is 394 g/mol. The Morgan fingerprint density at radius 3 is 2.45 bits per heavy atom. The highest BCUT2D eigenvalue weighted by Gasteiger charge is 2.14. The van der Waals surface area contributed by atoms with Crippen molar-refractivity contribution in [2.75, 3.05) is 0 Å². The van der Waals surface area contributed by atoms with E-state index in [1.165, 1.54) is 12.1 Å². The van der Waals surface area contributed by atoms with Gasteiger partial charge in [-0.15, -0.1) is 0 Å². The molecule has 3 rings (SSSR count). The molecule has 0 radical (unpaired) electrons. The zero-order valence-electron chi connectivity index (χ0n) is 16.6. The number of hydrogen-bond acceptors (Lipinski definition) is 4. The molecule has 6 nitrogen and oxygen atoms in total. The van der Waals surface area contributed by atoms with Gasteiger partial charge in [0.1, 0.15) is 12.4 Å². The lowest BCUT2D eigenvalue weighted by Gasteiger charge is -2.11. The van der Waals surface area contributed by atoms with Crippen LogP contribution >= 0.6 is 0 Å². The van der Waals surface area contributed by atoms with E-state index in [-0.39, 0.29) is 17.9 Å². The summed E-state index contributed by atoms with van der Waals surface area (Å²) in [4.78, 5) is 25.1. The van der Waals surface area contributed by atoms with Crippen molar-refractivity contribution >= 4 is 22.4 Å². The molecule has 1 N–H and O–H groups in total. The molecule has 0 saturated carbocycles. The maximum absolute atomic E-state index is 13.3. The van der Waals surface area contributed by atoms with Crippen LogP contribution in [0.25, 0.3) is 22.0 Å². The van der Waals surface area contributed by atoms with Gasteiger partial charge in [0.05, 0.1) is 11.1 Å². The lowest BCUT2D eigenvalue weighted by atomic mass is 10.1. The third kappa shape index (κ3) is 4.93. The first-order valence-corrected chi connectivity index (χ1v) is 9.43. The van der Waals surface area contributed by atoms with Crippen LogP contribution < -0.4 is 11.0 Å². The van der Waals surface area contributed by atoms with Gasteiger partial charge in [-0.2, -0.15) is 10.2 Å². The quantitative estimate of drug-likeness (QED) is 0.511. The topological polar surface area (TPSA) is 76.3 Å². The van der Waals surface area contributed by atoms with Crippen LogP contribution in [0.5, 0.6) is 0 Å². The smallest absolute Gasteiger partial charge is 0.271 e. The molecule has 1 aromatic heterocycles. The van der Waals surface area contributed by atoms with Crippen LogP contribution in [0.2, 0.25) is 0 Å². The van der Waals surface area contributed by atoms with E-state index in [1.54, 1.807) is 36.4 Å². The molecule has 1 amide bonds. The largest absolute Gasteiger partial charge is 0.275 e. The van der Waals surface area contributed by atoms with Gasteiger partial charge >= 0.3 is 0 Å². The molecular formula is C22H23FN4O2.